The number of carbonyl (C=O) groups is 3. The normalized spacial score (nSPS) is 20.6. The number of hydrogen-bond acceptors (Lipinski definition) is 5. The molecule has 1 rings (SSSR count). The number of esters is 2. The molecule has 1 aliphatic rings. The van der Waals surface area contributed by atoms with Gasteiger partial charge in [-0.05, 0) is 25.5 Å². The van der Waals surface area contributed by atoms with Crippen LogP contribution >= 0.6 is 0 Å². The molecule has 0 spiro atoms. The van der Waals surface area contributed by atoms with Gasteiger partial charge in [-0.25, -0.2) is 4.79 Å². The smallest absolute Gasteiger partial charge is 0.338 e. The van der Waals surface area contributed by atoms with Gasteiger partial charge in [0.15, 0.2) is 0 Å². The first-order chi connectivity index (χ1) is 10.2. The minimum Gasteiger partial charge on any atom is -0.461 e. The van der Waals surface area contributed by atoms with Crippen LogP contribution in [-0.2, 0) is 23.9 Å². The summed E-state index contributed by atoms with van der Waals surface area (Å²) in [6.45, 7) is 8.50. The van der Waals surface area contributed by atoms with Crippen LogP contribution in [0.25, 0.3) is 0 Å². The van der Waals surface area contributed by atoms with Gasteiger partial charge in [0.2, 0.25) is 0 Å². The van der Waals surface area contributed by atoms with E-state index in [0.717, 1.165) is 11.9 Å². The predicted octanol–water partition coefficient (Wildman–Crippen LogP) is 2.52. The van der Waals surface area contributed by atoms with Crippen molar-refractivity contribution in [2.24, 2.45) is 5.41 Å². The van der Waals surface area contributed by atoms with Crippen LogP contribution in [-0.4, -0.2) is 30.9 Å². The minimum absolute atomic E-state index is 0.129. The van der Waals surface area contributed by atoms with E-state index in [1.165, 1.54) is 6.92 Å². The van der Waals surface area contributed by atoms with Crippen molar-refractivity contribution >= 4 is 18.2 Å². The van der Waals surface area contributed by atoms with Gasteiger partial charge in [-0.1, -0.05) is 26.0 Å². The Kier molecular flexibility index (Phi) is 5.85. The highest BCUT2D eigenvalue weighted by Gasteiger charge is 2.29. The molecule has 0 heterocycles. The average Bonchev–Trinajstić information content (AvgIpc) is 2.41. The molecule has 1 aliphatic carbocycles. The van der Waals surface area contributed by atoms with Crippen LogP contribution in [0.4, 0.5) is 0 Å². The van der Waals surface area contributed by atoms with E-state index < -0.39 is 18.0 Å². The van der Waals surface area contributed by atoms with Crippen LogP contribution in [0.1, 0.15) is 34.6 Å². The van der Waals surface area contributed by atoms with E-state index in [-0.39, 0.29) is 17.6 Å². The molecule has 1 atom stereocenters. The number of allylic oxidation sites excluding steroid dienone is 3. The Morgan fingerprint density at radius 2 is 2.00 bits per heavy atom. The van der Waals surface area contributed by atoms with Crippen LogP contribution in [0.5, 0.6) is 0 Å². The topological polar surface area (TPSA) is 69.7 Å². The number of aldehydes is 1. The fourth-order valence-electron chi connectivity index (χ4n) is 2.19. The fraction of sp³-hybridized carbons (Fsp3) is 0.471. The highest BCUT2D eigenvalue weighted by Crippen LogP contribution is 2.34. The van der Waals surface area contributed by atoms with E-state index in [1.807, 2.05) is 26.8 Å². The quantitative estimate of drug-likeness (QED) is 0.338. The Bertz CT molecular complexity index is 564. The molecule has 0 aliphatic heterocycles. The van der Waals surface area contributed by atoms with E-state index >= 15 is 0 Å². The van der Waals surface area contributed by atoms with E-state index in [2.05, 4.69) is 0 Å². The minimum atomic E-state index is -0.590. The second-order valence-corrected chi connectivity index (χ2v) is 5.77. The molecule has 0 saturated carbocycles. The molecule has 0 aromatic carbocycles. The summed E-state index contributed by atoms with van der Waals surface area (Å²) >= 11 is 0. The Balaban J connectivity index is 2.85. The molecular weight excluding hydrogens is 284 g/mol. The molecule has 0 radical (unpaired) electrons. The lowest BCUT2D eigenvalue weighted by atomic mass is 9.78. The third-order valence-electron chi connectivity index (χ3n) is 3.51. The molecule has 0 saturated heterocycles. The second-order valence-electron chi connectivity index (χ2n) is 5.77. The fourth-order valence-corrected chi connectivity index (χ4v) is 2.19. The molecule has 5 nitrogen and oxygen atoms in total. The first-order valence-corrected chi connectivity index (χ1v) is 7.07. The summed E-state index contributed by atoms with van der Waals surface area (Å²) in [6, 6.07) is 0. The first-order valence-electron chi connectivity index (χ1n) is 7.07. The first kappa shape index (κ1) is 17.9. The van der Waals surface area contributed by atoms with Crippen LogP contribution in [0.2, 0.25) is 0 Å². The van der Waals surface area contributed by atoms with Gasteiger partial charge in [0.05, 0.1) is 5.57 Å². The zero-order valence-corrected chi connectivity index (χ0v) is 13.6. The monoisotopic (exact) mass is 306 g/mol. The van der Waals surface area contributed by atoms with E-state index in [4.69, 9.17) is 9.47 Å². The van der Waals surface area contributed by atoms with Crippen molar-refractivity contribution in [1.29, 1.82) is 0 Å². The summed E-state index contributed by atoms with van der Waals surface area (Å²) in [7, 11) is 0. The lowest BCUT2D eigenvalue weighted by Gasteiger charge is -2.30. The Labute approximate surface area is 130 Å². The van der Waals surface area contributed by atoms with Gasteiger partial charge < -0.3 is 9.47 Å². The standard InChI is InChI=1S/C17H22O5/c1-6-13(10-21-12(3)19)16(20)22-15-7-14(9-18)17(4,5)8-11(15)2/h6-9,15H,10H2,1-5H3/b13-6+. The van der Waals surface area contributed by atoms with Gasteiger partial charge in [0, 0.05) is 17.9 Å². The predicted molar refractivity (Wildman–Crippen MR) is 82.0 cm³/mol. The molecule has 0 aromatic rings. The van der Waals surface area contributed by atoms with Crippen molar-refractivity contribution < 1.29 is 23.9 Å². The Morgan fingerprint density at radius 3 is 2.50 bits per heavy atom. The van der Waals surface area contributed by atoms with Crippen LogP contribution in [0, 0.1) is 5.41 Å². The largest absolute Gasteiger partial charge is 0.461 e. The van der Waals surface area contributed by atoms with Gasteiger partial charge in [-0.15, -0.1) is 0 Å². The van der Waals surface area contributed by atoms with Gasteiger partial charge >= 0.3 is 11.9 Å². The van der Waals surface area contributed by atoms with E-state index in [9.17, 15) is 14.4 Å². The van der Waals surface area contributed by atoms with E-state index in [1.54, 1.807) is 19.1 Å². The lowest BCUT2D eigenvalue weighted by Crippen LogP contribution is -2.28. The molecule has 0 N–H and O–H groups in total. The number of hydrogen-bond donors (Lipinski definition) is 0. The van der Waals surface area contributed by atoms with Crippen molar-refractivity contribution in [3.63, 3.8) is 0 Å². The summed E-state index contributed by atoms with van der Waals surface area (Å²) in [6.07, 6.45) is 5.30. The van der Waals surface area contributed by atoms with Crippen molar-refractivity contribution in [3.05, 3.63) is 34.9 Å². The zero-order chi connectivity index (χ0) is 16.9. The maximum absolute atomic E-state index is 12.1. The third kappa shape index (κ3) is 4.41. The summed E-state index contributed by atoms with van der Waals surface area (Å²) in [5.41, 5.74) is 1.30. The molecule has 0 aromatic heterocycles. The van der Waals surface area contributed by atoms with Crippen molar-refractivity contribution in [2.45, 2.75) is 40.7 Å². The van der Waals surface area contributed by atoms with Crippen LogP contribution in [0.15, 0.2) is 34.9 Å². The second kappa shape index (κ2) is 7.20. The van der Waals surface area contributed by atoms with Gasteiger partial charge in [0.1, 0.15) is 19.0 Å². The average molecular weight is 306 g/mol. The highest BCUT2D eigenvalue weighted by molar-refractivity contribution is 5.89. The molecular formula is C17H22O5. The highest BCUT2D eigenvalue weighted by atomic mass is 16.6. The van der Waals surface area contributed by atoms with E-state index in [0.29, 0.717) is 5.57 Å². The Hall–Kier alpha value is -2.17. The Morgan fingerprint density at radius 1 is 1.36 bits per heavy atom. The van der Waals surface area contributed by atoms with Gasteiger partial charge in [0.25, 0.3) is 0 Å². The number of rotatable bonds is 5. The molecule has 5 heteroatoms. The SMILES string of the molecule is C/C=C(\COC(C)=O)C(=O)OC1C=C(C=O)C(C)(C)C=C1C. The van der Waals surface area contributed by atoms with Crippen molar-refractivity contribution in [1.82, 2.24) is 0 Å². The molecule has 0 bridgehead atoms. The van der Waals surface area contributed by atoms with Gasteiger partial charge in [-0.3, -0.25) is 9.59 Å². The molecule has 1 unspecified atom stereocenters. The maximum Gasteiger partial charge on any atom is 0.338 e. The zero-order valence-electron chi connectivity index (χ0n) is 13.6. The molecule has 0 amide bonds. The van der Waals surface area contributed by atoms with Gasteiger partial charge in [-0.2, -0.15) is 0 Å². The summed E-state index contributed by atoms with van der Waals surface area (Å²) in [5, 5.41) is 0. The number of carbonyl (C=O) groups excluding carboxylic acids is 3. The molecule has 120 valence electrons. The number of ether oxygens (including phenoxy) is 2. The lowest BCUT2D eigenvalue weighted by molar-refractivity contribution is -0.144. The van der Waals surface area contributed by atoms with Crippen molar-refractivity contribution in [2.75, 3.05) is 6.61 Å². The summed E-state index contributed by atoms with van der Waals surface area (Å²) < 4.78 is 10.2. The third-order valence-corrected chi connectivity index (χ3v) is 3.51. The van der Waals surface area contributed by atoms with Crippen LogP contribution in [0.3, 0.4) is 0 Å². The molecule has 0 fully saturated rings. The maximum atomic E-state index is 12.1. The van der Waals surface area contributed by atoms with Crippen LogP contribution < -0.4 is 0 Å². The molecule has 22 heavy (non-hydrogen) atoms. The van der Waals surface area contributed by atoms with Crippen molar-refractivity contribution in [3.8, 4) is 0 Å². The summed E-state index contributed by atoms with van der Waals surface area (Å²) in [5.74, 6) is -1.03. The summed E-state index contributed by atoms with van der Waals surface area (Å²) in [4.78, 5) is 34.1.